The van der Waals surface area contributed by atoms with Gasteiger partial charge in [0.15, 0.2) is 0 Å². The summed E-state index contributed by atoms with van der Waals surface area (Å²) in [7, 11) is 0. The molecule has 13 aromatic rings. The number of para-hydroxylation sites is 4. The maximum absolute atomic E-state index is 6.56. The Balaban J connectivity index is 0.955. The summed E-state index contributed by atoms with van der Waals surface area (Å²) in [6, 6.07) is 96.1. The lowest BCUT2D eigenvalue weighted by atomic mass is 9.94. The Morgan fingerprint density at radius 3 is 1.42 bits per heavy atom. The van der Waals surface area contributed by atoms with Crippen molar-refractivity contribution in [2.45, 2.75) is 0 Å². The van der Waals surface area contributed by atoms with Gasteiger partial charge in [0.25, 0.3) is 0 Å². The number of hydrogen-bond donors (Lipinski definition) is 0. The van der Waals surface area contributed by atoms with E-state index >= 15 is 0 Å². The van der Waals surface area contributed by atoms with E-state index in [1.165, 1.54) is 49.6 Å². The van der Waals surface area contributed by atoms with Gasteiger partial charge in [0.1, 0.15) is 11.2 Å². The number of rotatable bonds is 9. The number of anilines is 3. The highest BCUT2D eigenvalue weighted by atomic mass is 16.3. The Bertz CT molecular complexity index is 3940. The Hall–Kier alpha value is -9.18. The van der Waals surface area contributed by atoms with E-state index in [4.69, 9.17) is 4.42 Å². The molecule has 324 valence electrons. The predicted octanol–water partition coefficient (Wildman–Crippen LogP) is 18.5. The van der Waals surface area contributed by atoms with Crippen molar-refractivity contribution in [1.82, 2.24) is 4.57 Å². The standard InChI is InChI=1S/C66H44N2O/c1-3-17-45(18-4-1)49-37-42-56(64(44-49)68-62-30-12-9-25-58(62)59-26-10-13-31-63(59)68)48-35-40-52(41-36-48)67(51-38-33-47(34-39-51)55-24-8-7-23-54(55)46-19-5-2-6-20-46)53-22-15-21-50(43-53)57-28-16-29-61-60-27-11-14-32-65(60)69-66(57)61/h1-44H. The van der Waals surface area contributed by atoms with Gasteiger partial charge in [-0.3, -0.25) is 0 Å². The maximum Gasteiger partial charge on any atom is 0.143 e. The summed E-state index contributed by atoms with van der Waals surface area (Å²) in [4.78, 5) is 2.37. The first-order valence-electron chi connectivity index (χ1n) is 23.6. The van der Waals surface area contributed by atoms with Crippen LogP contribution in [0.25, 0.3) is 105 Å². The largest absolute Gasteiger partial charge is 0.455 e. The maximum atomic E-state index is 6.56. The van der Waals surface area contributed by atoms with Crippen molar-refractivity contribution in [2.24, 2.45) is 0 Å². The summed E-state index contributed by atoms with van der Waals surface area (Å²) < 4.78 is 9.00. The van der Waals surface area contributed by atoms with E-state index in [1.807, 2.05) is 12.1 Å². The van der Waals surface area contributed by atoms with E-state index in [0.717, 1.165) is 72.5 Å². The van der Waals surface area contributed by atoms with Gasteiger partial charge >= 0.3 is 0 Å². The summed E-state index contributed by atoms with van der Waals surface area (Å²) >= 11 is 0. The summed E-state index contributed by atoms with van der Waals surface area (Å²) in [5.74, 6) is 0. The first kappa shape index (κ1) is 40.1. The quantitative estimate of drug-likeness (QED) is 0.144. The third-order valence-electron chi connectivity index (χ3n) is 13.6. The van der Waals surface area contributed by atoms with Crippen LogP contribution in [0.15, 0.2) is 271 Å². The normalized spacial score (nSPS) is 11.5. The van der Waals surface area contributed by atoms with Crippen molar-refractivity contribution in [3.63, 3.8) is 0 Å². The van der Waals surface area contributed by atoms with Crippen LogP contribution in [0.2, 0.25) is 0 Å². The molecule has 3 heteroatoms. The number of fused-ring (bicyclic) bond motifs is 6. The van der Waals surface area contributed by atoms with Crippen molar-refractivity contribution < 1.29 is 4.42 Å². The average molecular weight is 881 g/mol. The van der Waals surface area contributed by atoms with Gasteiger partial charge in [-0.15, -0.1) is 0 Å². The first-order valence-corrected chi connectivity index (χ1v) is 23.6. The summed E-state index contributed by atoms with van der Waals surface area (Å²) in [5, 5.41) is 4.72. The molecule has 0 saturated heterocycles. The smallest absolute Gasteiger partial charge is 0.143 e. The molecule has 0 bridgehead atoms. The SMILES string of the molecule is c1ccc(-c2ccc(-c3ccc(N(c4ccc(-c5ccccc5-c5ccccc5)cc4)c4cccc(-c5cccc6c5oc5ccccc56)c4)cc3)c(-n3c4ccccc4c4ccccc43)c2)cc1. The molecule has 0 unspecified atom stereocenters. The van der Waals surface area contributed by atoms with E-state index in [-0.39, 0.29) is 0 Å². The Morgan fingerprint density at radius 1 is 0.275 bits per heavy atom. The number of furan rings is 1. The third kappa shape index (κ3) is 7.08. The number of aromatic nitrogens is 1. The second-order valence-electron chi connectivity index (χ2n) is 17.6. The molecule has 0 aliphatic heterocycles. The molecule has 0 atom stereocenters. The monoisotopic (exact) mass is 880 g/mol. The fourth-order valence-corrected chi connectivity index (χ4v) is 10.4. The number of nitrogens with zero attached hydrogens (tertiary/aromatic N) is 2. The minimum absolute atomic E-state index is 0.891. The molecule has 0 aliphatic carbocycles. The zero-order valence-corrected chi connectivity index (χ0v) is 37.7. The van der Waals surface area contributed by atoms with Crippen molar-refractivity contribution in [3.05, 3.63) is 267 Å². The van der Waals surface area contributed by atoms with E-state index < -0.39 is 0 Å². The zero-order chi connectivity index (χ0) is 45.7. The van der Waals surface area contributed by atoms with Crippen LogP contribution in [0, 0.1) is 0 Å². The molecule has 13 rings (SSSR count). The zero-order valence-electron chi connectivity index (χ0n) is 37.7. The number of hydrogen-bond acceptors (Lipinski definition) is 2. The van der Waals surface area contributed by atoms with Gasteiger partial charge in [-0.05, 0) is 105 Å². The van der Waals surface area contributed by atoms with Crippen LogP contribution in [-0.4, -0.2) is 4.57 Å². The highest BCUT2D eigenvalue weighted by Crippen LogP contribution is 2.43. The van der Waals surface area contributed by atoms with E-state index in [0.29, 0.717) is 0 Å². The number of benzene rings is 11. The van der Waals surface area contributed by atoms with Crippen LogP contribution < -0.4 is 4.90 Å². The molecule has 2 heterocycles. The molecular formula is C66H44N2O. The molecule has 0 radical (unpaired) electrons. The molecule has 0 aliphatic rings. The van der Waals surface area contributed by atoms with Gasteiger partial charge in [-0.1, -0.05) is 206 Å². The van der Waals surface area contributed by atoms with Crippen molar-refractivity contribution in [1.29, 1.82) is 0 Å². The molecule has 3 nitrogen and oxygen atoms in total. The highest BCUT2D eigenvalue weighted by Gasteiger charge is 2.20. The summed E-state index contributed by atoms with van der Waals surface area (Å²) in [5.41, 5.74) is 20.0. The van der Waals surface area contributed by atoms with Gasteiger partial charge in [0.2, 0.25) is 0 Å². The Kier molecular flexibility index (Phi) is 9.84. The summed E-state index contributed by atoms with van der Waals surface area (Å²) in [6.07, 6.45) is 0. The lowest BCUT2D eigenvalue weighted by Crippen LogP contribution is -2.10. The lowest BCUT2D eigenvalue weighted by molar-refractivity contribution is 0.670. The van der Waals surface area contributed by atoms with Crippen LogP contribution in [0.5, 0.6) is 0 Å². The molecule has 11 aromatic carbocycles. The molecule has 0 N–H and O–H groups in total. The van der Waals surface area contributed by atoms with E-state index in [1.54, 1.807) is 0 Å². The molecule has 69 heavy (non-hydrogen) atoms. The first-order chi connectivity index (χ1) is 34.2. The van der Waals surface area contributed by atoms with Crippen LogP contribution in [0.3, 0.4) is 0 Å². The Morgan fingerprint density at radius 2 is 0.754 bits per heavy atom. The summed E-state index contributed by atoms with van der Waals surface area (Å²) in [6.45, 7) is 0. The fourth-order valence-electron chi connectivity index (χ4n) is 10.4. The van der Waals surface area contributed by atoms with Gasteiger partial charge in [0.05, 0.1) is 16.7 Å². The van der Waals surface area contributed by atoms with Crippen LogP contribution >= 0.6 is 0 Å². The highest BCUT2D eigenvalue weighted by molar-refractivity contribution is 6.11. The molecule has 0 spiro atoms. The van der Waals surface area contributed by atoms with Crippen molar-refractivity contribution in [2.75, 3.05) is 4.90 Å². The molecular weight excluding hydrogens is 837 g/mol. The van der Waals surface area contributed by atoms with Crippen molar-refractivity contribution >= 4 is 60.8 Å². The van der Waals surface area contributed by atoms with Gasteiger partial charge in [0, 0.05) is 49.7 Å². The second kappa shape index (κ2) is 16.9. The lowest BCUT2D eigenvalue weighted by Gasteiger charge is -2.27. The van der Waals surface area contributed by atoms with Gasteiger partial charge in [-0.25, -0.2) is 0 Å². The minimum atomic E-state index is 0.891. The second-order valence-corrected chi connectivity index (χ2v) is 17.6. The Labute approximate surface area is 401 Å². The molecule has 0 amide bonds. The van der Waals surface area contributed by atoms with Crippen LogP contribution in [0.1, 0.15) is 0 Å². The van der Waals surface area contributed by atoms with Crippen molar-refractivity contribution in [3.8, 4) is 61.3 Å². The van der Waals surface area contributed by atoms with Gasteiger partial charge < -0.3 is 13.9 Å². The van der Waals surface area contributed by atoms with E-state index in [9.17, 15) is 0 Å². The van der Waals surface area contributed by atoms with Crippen LogP contribution in [-0.2, 0) is 0 Å². The van der Waals surface area contributed by atoms with Crippen LogP contribution in [0.4, 0.5) is 17.1 Å². The molecule has 2 aromatic heterocycles. The topological polar surface area (TPSA) is 21.3 Å². The third-order valence-corrected chi connectivity index (χ3v) is 13.6. The molecule has 0 saturated carbocycles. The molecule has 0 fully saturated rings. The fraction of sp³-hybridized carbons (Fsp3) is 0. The van der Waals surface area contributed by atoms with Gasteiger partial charge in [-0.2, -0.15) is 0 Å². The average Bonchev–Trinajstić information content (AvgIpc) is 3.98. The van der Waals surface area contributed by atoms with E-state index in [2.05, 4.69) is 264 Å². The predicted molar refractivity (Wildman–Crippen MR) is 290 cm³/mol. The minimum Gasteiger partial charge on any atom is -0.455 e.